The molecule has 1 heterocycles. The molecule has 2 aromatic rings. The number of non-ortho nitro benzene ring substituents is 1. The molecule has 0 spiro atoms. The highest BCUT2D eigenvalue weighted by Gasteiger charge is 2.32. The van der Waals surface area contributed by atoms with Crippen molar-refractivity contribution in [2.24, 2.45) is 0 Å². The maximum atomic E-state index is 12.9. The summed E-state index contributed by atoms with van der Waals surface area (Å²) >= 11 is 0. The van der Waals surface area contributed by atoms with Gasteiger partial charge in [-0.1, -0.05) is 6.07 Å². The molecule has 0 unspecified atom stereocenters. The minimum atomic E-state index is -3.70. The summed E-state index contributed by atoms with van der Waals surface area (Å²) in [6.07, 6.45) is -0.401. The van der Waals surface area contributed by atoms with E-state index < -0.39 is 20.9 Å². The molecule has 10 heteroatoms. The van der Waals surface area contributed by atoms with Crippen LogP contribution < -0.4 is 5.32 Å². The van der Waals surface area contributed by atoms with E-state index in [0.717, 1.165) is 0 Å². The van der Waals surface area contributed by atoms with E-state index in [1.807, 2.05) is 13.8 Å². The Morgan fingerprint density at radius 1 is 1.14 bits per heavy atom. The lowest BCUT2D eigenvalue weighted by atomic mass is 10.2. The van der Waals surface area contributed by atoms with Crippen LogP contribution in [-0.2, 0) is 14.8 Å². The van der Waals surface area contributed by atoms with Crippen molar-refractivity contribution in [3.63, 3.8) is 0 Å². The Kier molecular flexibility index (Phi) is 5.96. The monoisotopic (exact) mass is 419 g/mol. The van der Waals surface area contributed by atoms with Gasteiger partial charge in [0, 0.05) is 36.5 Å². The van der Waals surface area contributed by atoms with E-state index in [-0.39, 0.29) is 47.1 Å². The Labute approximate surface area is 168 Å². The van der Waals surface area contributed by atoms with Crippen molar-refractivity contribution in [2.45, 2.75) is 31.0 Å². The number of nitro groups is 1. The highest BCUT2D eigenvalue weighted by atomic mass is 32.2. The third kappa shape index (κ3) is 4.78. The van der Waals surface area contributed by atoms with E-state index in [0.29, 0.717) is 0 Å². The summed E-state index contributed by atoms with van der Waals surface area (Å²) in [6.45, 7) is 4.17. The molecule has 0 bridgehead atoms. The highest BCUT2D eigenvalue weighted by molar-refractivity contribution is 7.89. The summed E-state index contributed by atoms with van der Waals surface area (Å²) in [6, 6.07) is 11.1. The number of amides is 1. The van der Waals surface area contributed by atoms with E-state index in [9.17, 15) is 23.3 Å². The first-order chi connectivity index (χ1) is 13.7. The van der Waals surface area contributed by atoms with Crippen LogP contribution in [0, 0.1) is 10.1 Å². The fraction of sp³-hybridized carbons (Fsp3) is 0.316. The third-order valence-corrected chi connectivity index (χ3v) is 6.30. The summed E-state index contributed by atoms with van der Waals surface area (Å²) < 4.78 is 32.7. The van der Waals surface area contributed by atoms with Crippen LogP contribution in [0.4, 0.5) is 11.4 Å². The van der Waals surface area contributed by atoms with E-state index in [2.05, 4.69) is 5.32 Å². The molecule has 3 rings (SSSR count). The number of morpholine rings is 1. The Bertz CT molecular complexity index is 1010. The minimum absolute atomic E-state index is 0.0886. The molecule has 0 aromatic heterocycles. The lowest BCUT2D eigenvalue weighted by Gasteiger charge is -2.34. The fourth-order valence-corrected chi connectivity index (χ4v) is 4.75. The molecule has 1 N–H and O–H groups in total. The van der Waals surface area contributed by atoms with Crippen LogP contribution in [-0.4, -0.2) is 48.9 Å². The molecule has 2 aromatic carbocycles. The molecule has 1 aliphatic heterocycles. The van der Waals surface area contributed by atoms with E-state index >= 15 is 0 Å². The van der Waals surface area contributed by atoms with Gasteiger partial charge >= 0.3 is 0 Å². The number of ether oxygens (including phenoxy) is 1. The predicted octanol–water partition coefficient (Wildman–Crippen LogP) is 2.65. The Morgan fingerprint density at radius 3 is 2.34 bits per heavy atom. The Balaban J connectivity index is 1.75. The third-order valence-electron chi connectivity index (χ3n) is 4.46. The van der Waals surface area contributed by atoms with Crippen molar-refractivity contribution < 1.29 is 22.9 Å². The highest BCUT2D eigenvalue weighted by Crippen LogP contribution is 2.22. The molecule has 1 aliphatic rings. The number of rotatable bonds is 5. The van der Waals surface area contributed by atoms with Crippen LogP contribution in [0.5, 0.6) is 0 Å². The molecule has 0 saturated carbocycles. The molecular formula is C19H21N3O6S. The number of nitro benzene ring substituents is 1. The first-order valence-corrected chi connectivity index (χ1v) is 10.4. The van der Waals surface area contributed by atoms with Gasteiger partial charge < -0.3 is 10.1 Å². The van der Waals surface area contributed by atoms with Gasteiger partial charge in [-0.3, -0.25) is 14.9 Å². The maximum absolute atomic E-state index is 12.9. The second kappa shape index (κ2) is 8.27. The summed E-state index contributed by atoms with van der Waals surface area (Å²) in [7, 11) is -3.70. The van der Waals surface area contributed by atoms with Gasteiger partial charge in [-0.25, -0.2) is 8.42 Å². The molecule has 2 atom stereocenters. The van der Waals surface area contributed by atoms with Crippen LogP contribution in [0.2, 0.25) is 0 Å². The van der Waals surface area contributed by atoms with Crippen molar-refractivity contribution in [2.75, 3.05) is 18.4 Å². The number of hydrogen-bond donors (Lipinski definition) is 1. The van der Waals surface area contributed by atoms with Crippen LogP contribution in [0.15, 0.2) is 53.4 Å². The minimum Gasteiger partial charge on any atom is -0.373 e. The Hall–Kier alpha value is -2.82. The van der Waals surface area contributed by atoms with Gasteiger partial charge in [0.05, 0.1) is 22.0 Å². The maximum Gasteiger partial charge on any atom is 0.271 e. The first kappa shape index (κ1) is 20.9. The molecule has 9 nitrogen and oxygen atoms in total. The van der Waals surface area contributed by atoms with Gasteiger partial charge in [0.25, 0.3) is 11.6 Å². The van der Waals surface area contributed by atoms with Crippen molar-refractivity contribution >= 4 is 27.3 Å². The average Bonchev–Trinajstić information content (AvgIpc) is 2.67. The van der Waals surface area contributed by atoms with Crippen LogP contribution >= 0.6 is 0 Å². The summed E-state index contributed by atoms with van der Waals surface area (Å²) in [4.78, 5) is 22.8. The number of carbonyl (C=O) groups excluding carboxylic acids is 1. The van der Waals surface area contributed by atoms with E-state index in [1.54, 1.807) is 0 Å². The second-order valence-electron chi connectivity index (χ2n) is 6.87. The lowest BCUT2D eigenvalue weighted by Crippen LogP contribution is -2.48. The SMILES string of the molecule is C[C@@H]1CN(S(=O)(=O)c2ccc(C(=O)Nc3cccc([N+](=O)[O-])c3)cc2)C[C@@H](C)O1. The van der Waals surface area contributed by atoms with Crippen molar-refractivity contribution in [1.82, 2.24) is 4.31 Å². The molecule has 0 radical (unpaired) electrons. The molecular weight excluding hydrogens is 398 g/mol. The smallest absolute Gasteiger partial charge is 0.271 e. The standard InChI is InChI=1S/C19H21N3O6S/c1-13-11-21(12-14(2)28-13)29(26,27)18-8-6-15(7-9-18)19(23)20-16-4-3-5-17(10-16)22(24)25/h3-10,13-14H,11-12H2,1-2H3,(H,20,23)/t13-,14-/m1/s1. The summed E-state index contributed by atoms with van der Waals surface area (Å²) in [5.41, 5.74) is 0.370. The number of hydrogen-bond acceptors (Lipinski definition) is 6. The quantitative estimate of drug-likeness (QED) is 0.588. The summed E-state index contributed by atoms with van der Waals surface area (Å²) in [5, 5.41) is 13.4. The van der Waals surface area contributed by atoms with Crippen molar-refractivity contribution in [3.8, 4) is 0 Å². The van der Waals surface area contributed by atoms with E-state index in [1.165, 1.54) is 52.8 Å². The van der Waals surface area contributed by atoms with Crippen molar-refractivity contribution in [3.05, 3.63) is 64.2 Å². The fourth-order valence-electron chi connectivity index (χ4n) is 3.15. The number of benzene rings is 2. The topological polar surface area (TPSA) is 119 Å². The Morgan fingerprint density at radius 2 is 1.76 bits per heavy atom. The lowest BCUT2D eigenvalue weighted by molar-refractivity contribution is -0.384. The van der Waals surface area contributed by atoms with Crippen LogP contribution in [0.25, 0.3) is 0 Å². The van der Waals surface area contributed by atoms with Gasteiger partial charge in [0.2, 0.25) is 10.0 Å². The zero-order valence-corrected chi connectivity index (χ0v) is 16.8. The van der Waals surface area contributed by atoms with Crippen LogP contribution in [0.1, 0.15) is 24.2 Å². The normalized spacial score (nSPS) is 20.2. The van der Waals surface area contributed by atoms with Gasteiger partial charge in [-0.2, -0.15) is 4.31 Å². The zero-order valence-electron chi connectivity index (χ0n) is 15.9. The molecule has 154 valence electrons. The number of sulfonamides is 1. The average molecular weight is 419 g/mol. The van der Waals surface area contributed by atoms with Crippen LogP contribution in [0.3, 0.4) is 0 Å². The molecule has 1 fully saturated rings. The van der Waals surface area contributed by atoms with Gasteiger partial charge in [0.15, 0.2) is 0 Å². The van der Waals surface area contributed by atoms with E-state index in [4.69, 9.17) is 4.74 Å². The number of nitrogens with one attached hydrogen (secondary N) is 1. The van der Waals surface area contributed by atoms with Gasteiger partial charge in [0.1, 0.15) is 0 Å². The number of anilines is 1. The molecule has 29 heavy (non-hydrogen) atoms. The zero-order chi connectivity index (χ0) is 21.2. The molecule has 1 amide bonds. The summed E-state index contributed by atoms with van der Waals surface area (Å²) in [5.74, 6) is -0.497. The largest absolute Gasteiger partial charge is 0.373 e. The van der Waals surface area contributed by atoms with Gasteiger partial charge in [-0.15, -0.1) is 0 Å². The van der Waals surface area contributed by atoms with Gasteiger partial charge in [-0.05, 0) is 44.2 Å². The van der Waals surface area contributed by atoms with Crippen molar-refractivity contribution in [1.29, 1.82) is 0 Å². The molecule has 0 aliphatic carbocycles. The molecule has 1 saturated heterocycles. The number of carbonyl (C=O) groups is 1. The second-order valence-corrected chi connectivity index (χ2v) is 8.80. The predicted molar refractivity (Wildman–Crippen MR) is 106 cm³/mol. The number of nitrogens with zero attached hydrogens (tertiary/aromatic N) is 2. The first-order valence-electron chi connectivity index (χ1n) is 8.98.